The zero-order valence-corrected chi connectivity index (χ0v) is 10.7. The van der Waals surface area contributed by atoms with E-state index in [1.807, 2.05) is 30.3 Å². The number of hydrogen-bond acceptors (Lipinski definition) is 4. The van der Waals surface area contributed by atoms with E-state index in [-0.39, 0.29) is 12.4 Å². The van der Waals surface area contributed by atoms with Gasteiger partial charge in [-0.15, -0.1) is 0 Å². The number of hydrogen-bond donors (Lipinski definition) is 0. The second kappa shape index (κ2) is 6.79. The highest BCUT2D eigenvalue weighted by atomic mass is 16.7. The number of benzene rings is 1. The molecule has 0 saturated carbocycles. The Kier molecular flexibility index (Phi) is 5.36. The van der Waals surface area contributed by atoms with Crippen LogP contribution in [0.5, 0.6) is 0 Å². The fourth-order valence-electron chi connectivity index (χ4n) is 1.55. The van der Waals surface area contributed by atoms with E-state index in [9.17, 15) is 9.59 Å². The Bertz CT molecular complexity index is 384. The van der Waals surface area contributed by atoms with Crippen molar-refractivity contribution in [2.45, 2.75) is 38.9 Å². The second-order valence-corrected chi connectivity index (χ2v) is 4.43. The van der Waals surface area contributed by atoms with Gasteiger partial charge in [-0.3, -0.25) is 9.59 Å². The van der Waals surface area contributed by atoms with Crippen molar-refractivity contribution in [3.05, 3.63) is 35.9 Å². The van der Waals surface area contributed by atoms with Crippen LogP contribution in [0, 0.1) is 0 Å². The van der Waals surface area contributed by atoms with Gasteiger partial charge < -0.3 is 9.47 Å². The maximum Gasteiger partial charge on any atom is 0.309 e. The maximum absolute atomic E-state index is 11.5. The summed E-state index contributed by atoms with van der Waals surface area (Å²) in [6, 6.07) is 9.93. The van der Waals surface area contributed by atoms with Crippen LogP contribution in [0.1, 0.15) is 32.3 Å². The molecule has 18 heavy (non-hydrogen) atoms. The van der Waals surface area contributed by atoms with E-state index < -0.39 is 5.79 Å². The first-order valence-electron chi connectivity index (χ1n) is 5.91. The Morgan fingerprint density at radius 3 is 2.56 bits per heavy atom. The lowest BCUT2D eigenvalue weighted by atomic mass is 10.1. The molecule has 0 aromatic heterocycles. The Hall–Kier alpha value is -1.84. The molecule has 4 heteroatoms. The molecular formula is C14H18O4. The predicted octanol–water partition coefficient (Wildman–Crippen LogP) is 2.46. The van der Waals surface area contributed by atoms with Gasteiger partial charge in [0, 0.05) is 20.3 Å². The number of ether oxygens (including phenoxy) is 2. The molecule has 0 radical (unpaired) electrons. The standard InChI is InChI=1S/C14H18O4/c1-14(2,17-11-15)18-13(16)10-6-9-12-7-4-3-5-8-12/h3-5,7-8,11H,6,9-10H2,1-2H3. The average Bonchev–Trinajstić information content (AvgIpc) is 2.29. The minimum absolute atomic E-state index is 0.275. The number of esters is 1. The van der Waals surface area contributed by atoms with Crippen LogP contribution < -0.4 is 0 Å². The Morgan fingerprint density at radius 2 is 1.94 bits per heavy atom. The van der Waals surface area contributed by atoms with E-state index in [1.54, 1.807) is 0 Å². The summed E-state index contributed by atoms with van der Waals surface area (Å²) in [4.78, 5) is 21.7. The zero-order chi connectivity index (χ0) is 13.4. The number of aryl methyl sites for hydroxylation is 1. The van der Waals surface area contributed by atoms with Crippen LogP contribution in [-0.2, 0) is 25.5 Å². The molecule has 0 heterocycles. The summed E-state index contributed by atoms with van der Waals surface area (Å²) in [5, 5.41) is 0. The molecule has 0 aliphatic heterocycles. The maximum atomic E-state index is 11.5. The largest absolute Gasteiger partial charge is 0.425 e. The lowest BCUT2D eigenvalue weighted by Crippen LogP contribution is -2.30. The lowest BCUT2D eigenvalue weighted by Gasteiger charge is -2.22. The number of rotatable bonds is 7. The minimum atomic E-state index is -1.19. The summed E-state index contributed by atoms with van der Waals surface area (Å²) < 4.78 is 9.66. The van der Waals surface area contributed by atoms with E-state index >= 15 is 0 Å². The summed E-state index contributed by atoms with van der Waals surface area (Å²) in [6.45, 7) is 3.32. The highest BCUT2D eigenvalue weighted by Crippen LogP contribution is 2.12. The van der Waals surface area contributed by atoms with Crippen molar-refractivity contribution in [1.82, 2.24) is 0 Å². The van der Waals surface area contributed by atoms with Crippen molar-refractivity contribution in [3.8, 4) is 0 Å². The van der Waals surface area contributed by atoms with Crippen LogP contribution in [0.3, 0.4) is 0 Å². The monoisotopic (exact) mass is 250 g/mol. The molecule has 0 spiro atoms. The van der Waals surface area contributed by atoms with Crippen LogP contribution in [0.25, 0.3) is 0 Å². The van der Waals surface area contributed by atoms with Crippen LogP contribution in [-0.4, -0.2) is 18.2 Å². The molecule has 0 unspecified atom stereocenters. The molecule has 1 rings (SSSR count). The molecule has 0 aliphatic carbocycles. The van der Waals surface area contributed by atoms with Gasteiger partial charge in [0.05, 0.1) is 0 Å². The molecule has 0 amide bonds. The van der Waals surface area contributed by atoms with Crippen LogP contribution in [0.2, 0.25) is 0 Å². The second-order valence-electron chi connectivity index (χ2n) is 4.43. The first kappa shape index (κ1) is 14.2. The van der Waals surface area contributed by atoms with Crippen molar-refractivity contribution < 1.29 is 19.1 Å². The van der Waals surface area contributed by atoms with Gasteiger partial charge >= 0.3 is 5.97 Å². The highest BCUT2D eigenvalue weighted by Gasteiger charge is 2.23. The molecule has 4 nitrogen and oxygen atoms in total. The third-order valence-corrected chi connectivity index (χ3v) is 2.38. The van der Waals surface area contributed by atoms with Crippen LogP contribution in [0.15, 0.2) is 30.3 Å². The first-order chi connectivity index (χ1) is 8.53. The average molecular weight is 250 g/mol. The van der Waals surface area contributed by atoms with Crippen molar-refractivity contribution >= 4 is 12.4 Å². The Labute approximate surface area is 107 Å². The molecule has 0 aliphatic rings. The first-order valence-corrected chi connectivity index (χ1v) is 5.91. The van der Waals surface area contributed by atoms with E-state index in [0.29, 0.717) is 12.8 Å². The quantitative estimate of drug-likeness (QED) is 0.424. The molecule has 0 saturated heterocycles. The van der Waals surface area contributed by atoms with Crippen molar-refractivity contribution in [2.24, 2.45) is 0 Å². The molecule has 1 aromatic rings. The minimum Gasteiger partial charge on any atom is -0.425 e. The van der Waals surface area contributed by atoms with Gasteiger partial charge in [0.25, 0.3) is 12.3 Å². The summed E-state index contributed by atoms with van der Waals surface area (Å²) in [5.41, 5.74) is 1.19. The predicted molar refractivity (Wildman–Crippen MR) is 66.7 cm³/mol. The van der Waals surface area contributed by atoms with Gasteiger partial charge in [-0.2, -0.15) is 0 Å². The number of carbonyl (C=O) groups excluding carboxylic acids is 2. The van der Waals surface area contributed by atoms with Gasteiger partial charge in [0.1, 0.15) is 0 Å². The number of carbonyl (C=O) groups is 2. The summed E-state index contributed by atoms with van der Waals surface area (Å²) in [5.74, 6) is -1.55. The molecule has 0 bridgehead atoms. The third-order valence-electron chi connectivity index (χ3n) is 2.38. The molecule has 0 atom stereocenters. The van der Waals surface area contributed by atoms with Gasteiger partial charge in [-0.05, 0) is 18.4 Å². The van der Waals surface area contributed by atoms with Crippen molar-refractivity contribution in [1.29, 1.82) is 0 Å². The fraction of sp³-hybridized carbons (Fsp3) is 0.429. The van der Waals surface area contributed by atoms with Crippen LogP contribution in [0.4, 0.5) is 0 Å². The Morgan fingerprint density at radius 1 is 1.28 bits per heavy atom. The SMILES string of the molecule is CC(C)(OC=O)OC(=O)CCCc1ccccc1. The van der Waals surface area contributed by atoms with Gasteiger partial charge in [0.2, 0.25) is 0 Å². The summed E-state index contributed by atoms with van der Waals surface area (Å²) in [7, 11) is 0. The molecule has 0 N–H and O–H groups in total. The normalized spacial score (nSPS) is 10.8. The molecule has 98 valence electrons. The fourth-order valence-corrected chi connectivity index (χ4v) is 1.55. The highest BCUT2D eigenvalue weighted by molar-refractivity contribution is 5.69. The van der Waals surface area contributed by atoms with Crippen LogP contribution >= 0.6 is 0 Å². The van der Waals surface area contributed by atoms with E-state index in [0.717, 1.165) is 6.42 Å². The molecular weight excluding hydrogens is 232 g/mol. The molecule has 0 fully saturated rings. The topological polar surface area (TPSA) is 52.6 Å². The molecule has 1 aromatic carbocycles. The summed E-state index contributed by atoms with van der Waals surface area (Å²) in [6.07, 6.45) is 1.84. The Balaban J connectivity index is 2.27. The van der Waals surface area contributed by atoms with Crippen molar-refractivity contribution in [3.63, 3.8) is 0 Å². The lowest BCUT2D eigenvalue weighted by molar-refractivity contribution is -0.207. The van der Waals surface area contributed by atoms with Crippen molar-refractivity contribution in [2.75, 3.05) is 0 Å². The van der Waals surface area contributed by atoms with E-state index in [1.165, 1.54) is 19.4 Å². The zero-order valence-electron chi connectivity index (χ0n) is 10.7. The summed E-state index contributed by atoms with van der Waals surface area (Å²) >= 11 is 0. The van der Waals surface area contributed by atoms with E-state index in [4.69, 9.17) is 4.74 Å². The third kappa shape index (κ3) is 5.48. The van der Waals surface area contributed by atoms with Gasteiger partial charge in [-0.25, -0.2) is 0 Å². The van der Waals surface area contributed by atoms with Gasteiger partial charge in [0.15, 0.2) is 0 Å². The van der Waals surface area contributed by atoms with E-state index in [2.05, 4.69) is 4.74 Å². The van der Waals surface area contributed by atoms with Gasteiger partial charge in [-0.1, -0.05) is 30.3 Å². The smallest absolute Gasteiger partial charge is 0.309 e.